The Labute approximate surface area is 89.5 Å². The van der Waals surface area contributed by atoms with E-state index in [1.807, 2.05) is 11.1 Å². The van der Waals surface area contributed by atoms with E-state index >= 15 is 0 Å². The maximum atomic E-state index is 8.77. The minimum absolute atomic E-state index is 0. The Hall–Kier alpha value is -1.18. The van der Waals surface area contributed by atoms with Crippen molar-refractivity contribution in [3.05, 3.63) is 23.6 Å². The normalized spacial score (nSPS) is 14.8. The van der Waals surface area contributed by atoms with Crippen molar-refractivity contribution in [3.63, 3.8) is 0 Å². The summed E-state index contributed by atoms with van der Waals surface area (Å²) in [5, 5.41) is 17.5. The summed E-state index contributed by atoms with van der Waals surface area (Å²) in [5.41, 5.74) is 0.596. The molecule has 1 aliphatic rings. The zero-order valence-electron chi connectivity index (χ0n) is 7.93. The van der Waals surface area contributed by atoms with Crippen LogP contribution in [0.15, 0.2) is 23.6 Å². The van der Waals surface area contributed by atoms with Gasteiger partial charge in [0, 0.05) is 12.7 Å². The average Bonchev–Trinajstić information content (AvgIpc) is 2.18. The van der Waals surface area contributed by atoms with E-state index in [0.29, 0.717) is 24.4 Å². The van der Waals surface area contributed by atoms with Gasteiger partial charge in [0.15, 0.2) is 0 Å². The molecule has 1 N–H and O–H groups in total. The highest BCUT2D eigenvalue weighted by Crippen LogP contribution is 2.14. The van der Waals surface area contributed by atoms with Crippen molar-refractivity contribution >= 4 is 12.4 Å². The van der Waals surface area contributed by atoms with E-state index in [1.165, 1.54) is 0 Å². The van der Waals surface area contributed by atoms with Crippen molar-refractivity contribution < 1.29 is 9.84 Å². The van der Waals surface area contributed by atoms with E-state index in [4.69, 9.17) is 15.1 Å². The Morgan fingerprint density at radius 3 is 2.93 bits per heavy atom. The fourth-order valence-corrected chi connectivity index (χ4v) is 1.17. The van der Waals surface area contributed by atoms with Gasteiger partial charge in [-0.1, -0.05) is 0 Å². The van der Waals surface area contributed by atoms with Gasteiger partial charge in [-0.3, -0.25) is 0 Å². The second-order valence-corrected chi connectivity index (χ2v) is 2.67. The SMILES string of the molecule is COC1=C(C#N)CN(CCO)C=C1.Cl. The molecule has 0 atom stereocenters. The zero-order chi connectivity index (χ0) is 9.68. The number of ether oxygens (including phenoxy) is 1. The van der Waals surface area contributed by atoms with Crippen LogP contribution in [-0.4, -0.2) is 36.8 Å². The maximum absolute atomic E-state index is 8.77. The van der Waals surface area contributed by atoms with Crippen molar-refractivity contribution in [3.8, 4) is 6.07 Å². The van der Waals surface area contributed by atoms with Crippen LogP contribution in [-0.2, 0) is 4.74 Å². The number of methoxy groups -OCH3 is 1. The lowest BCUT2D eigenvalue weighted by Crippen LogP contribution is -2.26. The van der Waals surface area contributed by atoms with Crippen molar-refractivity contribution in [2.45, 2.75) is 0 Å². The van der Waals surface area contributed by atoms with Crippen molar-refractivity contribution in [2.75, 3.05) is 26.8 Å². The maximum Gasteiger partial charge on any atom is 0.135 e. The van der Waals surface area contributed by atoms with Crippen LogP contribution >= 0.6 is 12.4 Å². The standard InChI is InChI=1S/C9H12N2O2.ClH/c1-13-9-2-3-11(4-5-12)7-8(9)6-10;/h2-3,12H,4-5,7H2,1H3;1H. The second kappa shape index (κ2) is 6.30. The van der Waals surface area contributed by atoms with E-state index in [-0.39, 0.29) is 19.0 Å². The Kier molecular flexibility index (Phi) is 5.77. The molecule has 1 rings (SSSR count). The summed E-state index contributed by atoms with van der Waals surface area (Å²) in [6, 6.07) is 2.07. The highest BCUT2D eigenvalue weighted by molar-refractivity contribution is 5.85. The highest BCUT2D eigenvalue weighted by atomic mass is 35.5. The van der Waals surface area contributed by atoms with E-state index in [2.05, 4.69) is 6.07 Å². The first-order valence-electron chi connectivity index (χ1n) is 4.02. The van der Waals surface area contributed by atoms with Gasteiger partial charge in [-0.2, -0.15) is 5.26 Å². The molecule has 0 aliphatic carbocycles. The van der Waals surface area contributed by atoms with E-state index in [9.17, 15) is 0 Å². The Morgan fingerprint density at radius 2 is 2.43 bits per heavy atom. The van der Waals surface area contributed by atoms with Gasteiger partial charge in [0.1, 0.15) is 11.8 Å². The predicted molar refractivity (Wildman–Crippen MR) is 54.7 cm³/mol. The Balaban J connectivity index is 0.00000169. The molecule has 0 aromatic rings. The number of nitrogens with zero attached hydrogens (tertiary/aromatic N) is 2. The largest absolute Gasteiger partial charge is 0.496 e. The van der Waals surface area contributed by atoms with Crippen LogP contribution in [0.3, 0.4) is 0 Å². The van der Waals surface area contributed by atoms with Crippen LogP contribution in [0.4, 0.5) is 0 Å². The first-order valence-corrected chi connectivity index (χ1v) is 4.02. The van der Waals surface area contributed by atoms with Crippen LogP contribution in [0.5, 0.6) is 0 Å². The summed E-state index contributed by atoms with van der Waals surface area (Å²) in [6.07, 6.45) is 3.55. The monoisotopic (exact) mass is 216 g/mol. The van der Waals surface area contributed by atoms with Crippen LogP contribution in [0.1, 0.15) is 0 Å². The van der Waals surface area contributed by atoms with Crippen LogP contribution in [0, 0.1) is 11.3 Å². The second-order valence-electron chi connectivity index (χ2n) is 2.67. The van der Waals surface area contributed by atoms with Gasteiger partial charge in [0.05, 0.1) is 25.8 Å². The molecular formula is C9H13ClN2O2. The molecule has 0 saturated heterocycles. The molecule has 14 heavy (non-hydrogen) atoms. The molecule has 1 heterocycles. The molecule has 0 aromatic heterocycles. The summed E-state index contributed by atoms with van der Waals surface area (Å²) in [7, 11) is 1.54. The van der Waals surface area contributed by atoms with Gasteiger partial charge in [-0.15, -0.1) is 12.4 Å². The Bertz CT molecular complexity index is 281. The molecule has 5 heteroatoms. The lowest BCUT2D eigenvalue weighted by atomic mass is 10.2. The third-order valence-corrected chi connectivity index (χ3v) is 1.84. The van der Waals surface area contributed by atoms with Crippen LogP contribution in [0.25, 0.3) is 0 Å². The average molecular weight is 217 g/mol. The molecule has 0 aromatic carbocycles. The first-order chi connectivity index (χ1) is 6.31. The van der Waals surface area contributed by atoms with Gasteiger partial charge in [0.25, 0.3) is 0 Å². The molecule has 78 valence electrons. The molecule has 0 radical (unpaired) electrons. The number of allylic oxidation sites excluding steroid dienone is 1. The van der Waals surface area contributed by atoms with Gasteiger partial charge >= 0.3 is 0 Å². The summed E-state index contributed by atoms with van der Waals surface area (Å²) < 4.78 is 5.00. The number of aliphatic hydroxyl groups is 1. The molecule has 0 saturated carbocycles. The molecule has 0 unspecified atom stereocenters. The lowest BCUT2D eigenvalue weighted by molar-refractivity contribution is 0.235. The third-order valence-electron chi connectivity index (χ3n) is 1.84. The van der Waals surface area contributed by atoms with Gasteiger partial charge in [0.2, 0.25) is 0 Å². The van der Waals surface area contributed by atoms with Gasteiger partial charge in [-0.05, 0) is 6.08 Å². The fourth-order valence-electron chi connectivity index (χ4n) is 1.17. The van der Waals surface area contributed by atoms with E-state index in [0.717, 1.165) is 0 Å². The first kappa shape index (κ1) is 12.8. The van der Waals surface area contributed by atoms with E-state index < -0.39 is 0 Å². The van der Waals surface area contributed by atoms with Crippen molar-refractivity contribution in [1.29, 1.82) is 5.26 Å². The van der Waals surface area contributed by atoms with Gasteiger partial charge in [-0.25, -0.2) is 0 Å². The van der Waals surface area contributed by atoms with Crippen LogP contribution in [0.2, 0.25) is 0 Å². The highest BCUT2D eigenvalue weighted by Gasteiger charge is 2.12. The summed E-state index contributed by atoms with van der Waals surface area (Å²) in [6.45, 7) is 1.14. The molecular weight excluding hydrogens is 204 g/mol. The number of rotatable bonds is 3. The summed E-state index contributed by atoms with van der Waals surface area (Å²) >= 11 is 0. The minimum Gasteiger partial charge on any atom is -0.496 e. The molecule has 4 nitrogen and oxygen atoms in total. The molecule has 0 bridgehead atoms. The predicted octanol–water partition coefficient (Wildman–Crippen LogP) is 0.654. The molecule has 0 fully saturated rings. The van der Waals surface area contributed by atoms with Crippen molar-refractivity contribution in [1.82, 2.24) is 4.90 Å². The van der Waals surface area contributed by atoms with Gasteiger partial charge < -0.3 is 14.7 Å². The third kappa shape index (κ3) is 2.95. The Morgan fingerprint density at radius 1 is 1.71 bits per heavy atom. The number of β-amino-alcohol motifs (C(OH)–C–C–N with tert-alkyl or cyclic N) is 1. The smallest absolute Gasteiger partial charge is 0.135 e. The minimum atomic E-state index is 0. The number of aliphatic hydroxyl groups excluding tert-OH is 1. The molecule has 0 amide bonds. The molecule has 1 aliphatic heterocycles. The van der Waals surface area contributed by atoms with Crippen LogP contribution < -0.4 is 0 Å². The summed E-state index contributed by atoms with van der Waals surface area (Å²) in [5.74, 6) is 0.608. The molecule has 0 spiro atoms. The number of hydrogen-bond acceptors (Lipinski definition) is 4. The lowest BCUT2D eigenvalue weighted by Gasteiger charge is -2.23. The number of hydrogen-bond donors (Lipinski definition) is 1. The van der Waals surface area contributed by atoms with Crippen molar-refractivity contribution in [2.24, 2.45) is 0 Å². The fraction of sp³-hybridized carbons (Fsp3) is 0.444. The number of halogens is 1. The quantitative estimate of drug-likeness (QED) is 0.753. The number of nitriles is 1. The van der Waals surface area contributed by atoms with E-state index in [1.54, 1.807) is 13.2 Å². The topological polar surface area (TPSA) is 56.5 Å². The summed E-state index contributed by atoms with van der Waals surface area (Å²) in [4.78, 5) is 1.86. The zero-order valence-corrected chi connectivity index (χ0v) is 8.75.